The molecule has 0 bridgehead atoms. The van der Waals surface area contributed by atoms with Gasteiger partial charge in [0, 0.05) is 30.4 Å². The Hall–Kier alpha value is -1.62. The average Bonchev–Trinajstić information content (AvgIpc) is 3.11. The molecule has 0 spiro atoms. The number of carbonyl (C=O) groups excluding carboxylic acids is 1. The zero-order chi connectivity index (χ0) is 14.7. The highest BCUT2D eigenvalue weighted by Crippen LogP contribution is 2.32. The summed E-state index contributed by atoms with van der Waals surface area (Å²) in [6.07, 6.45) is 8.12. The van der Waals surface area contributed by atoms with Gasteiger partial charge in [0.25, 0.3) is 5.91 Å². The molecule has 112 valence electrons. The summed E-state index contributed by atoms with van der Waals surface area (Å²) < 4.78 is 1.89. The Morgan fingerprint density at radius 1 is 1.57 bits per heavy atom. The molecule has 2 aromatic heterocycles. The summed E-state index contributed by atoms with van der Waals surface area (Å²) in [5, 5.41) is 7.16. The van der Waals surface area contributed by atoms with Gasteiger partial charge in [-0.25, -0.2) is 0 Å². The number of aromatic nitrogens is 2. The number of hydrogen-bond acceptors (Lipinski definition) is 3. The van der Waals surface area contributed by atoms with Crippen LogP contribution in [0.4, 0.5) is 0 Å². The van der Waals surface area contributed by atoms with Gasteiger partial charge in [0.1, 0.15) is 0 Å². The fourth-order valence-electron chi connectivity index (χ4n) is 2.78. The molecule has 0 aliphatic heterocycles. The molecule has 0 fully saturated rings. The third-order valence-corrected chi connectivity index (χ3v) is 5.20. The van der Waals surface area contributed by atoms with Crippen molar-refractivity contribution < 1.29 is 4.79 Å². The number of aryl methyl sites for hydroxylation is 2. The quantitative estimate of drug-likeness (QED) is 0.863. The molecule has 2 heterocycles. The van der Waals surface area contributed by atoms with Crippen LogP contribution in [0.2, 0.25) is 0 Å². The molecular weight excluding hydrogens is 282 g/mol. The van der Waals surface area contributed by atoms with Crippen molar-refractivity contribution in [2.45, 2.75) is 39.2 Å². The van der Waals surface area contributed by atoms with E-state index in [4.69, 9.17) is 0 Å². The number of rotatable bonds is 5. The first-order valence-electron chi connectivity index (χ1n) is 7.59. The van der Waals surface area contributed by atoms with Crippen molar-refractivity contribution in [3.8, 4) is 0 Å². The monoisotopic (exact) mass is 303 g/mol. The van der Waals surface area contributed by atoms with Crippen LogP contribution in [-0.4, -0.2) is 22.2 Å². The first kappa shape index (κ1) is 14.3. The molecular formula is C16H21N3OS. The van der Waals surface area contributed by atoms with Crippen molar-refractivity contribution in [3.05, 3.63) is 39.8 Å². The first-order chi connectivity index (χ1) is 10.2. The lowest BCUT2D eigenvalue weighted by atomic mass is 9.90. The molecule has 2 aromatic rings. The molecule has 5 heteroatoms. The van der Waals surface area contributed by atoms with Crippen molar-refractivity contribution in [1.29, 1.82) is 0 Å². The molecule has 1 aliphatic rings. The van der Waals surface area contributed by atoms with Crippen LogP contribution in [0.3, 0.4) is 0 Å². The second kappa shape index (κ2) is 6.43. The van der Waals surface area contributed by atoms with E-state index < -0.39 is 0 Å². The van der Waals surface area contributed by atoms with Crippen LogP contribution in [0.25, 0.3) is 0 Å². The molecule has 0 unspecified atom stereocenters. The fourth-order valence-corrected chi connectivity index (χ4v) is 3.91. The summed E-state index contributed by atoms with van der Waals surface area (Å²) in [4.78, 5) is 14.5. The summed E-state index contributed by atoms with van der Waals surface area (Å²) >= 11 is 1.67. The Labute approximate surface area is 129 Å². The van der Waals surface area contributed by atoms with E-state index in [1.165, 1.54) is 16.9 Å². The van der Waals surface area contributed by atoms with E-state index in [0.29, 0.717) is 6.54 Å². The molecule has 1 aliphatic carbocycles. The van der Waals surface area contributed by atoms with Crippen LogP contribution in [0.5, 0.6) is 0 Å². The van der Waals surface area contributed by atoms with E-state index in [1.54, 1.807) is 17.5 Å². The molecule has 0 aromatic carbocycles. The lowest BCUT2D eigenvalue weighted by Crippen LogP contribution is -2.24. The van der Waals surface area contributed by atoms with Crippen LogP contribution in [0.1, 0.15) is 39.9 Å². The van der Waals surface area contributed by atoms with E-state index >= 15 is 0 Å². The number of amides is 1. The van der Waals surface area contributed by atoms with Gasteiger partial charge in [-0.2, -0.15) is 5.10 Å². The van der Waals surface area contributed by atoms with E-state index in [9.17, 15) is 4.79 Å². The maximum Gasteiger partial charge on any atom is 0.261 e. The van der Waals surface area contributed by atoms with Gasteiger partial charge in [0.15, 0.2) is 0 Å². The van der Waals surface area contributed by atoms with Crippen molar-refractivity contribution >= 4 is 17.2 Å². The molecule has 0 saturated carbocycles. The van der Waals surface area contributed by atoms with Crippen molar-refractivity contribution in [2.75, 3.05) is 6.54 Å². The topological polar surface area (TPSA) is 46.9 Å². The van der Waals surface area contributed by atoms with Crippen LogP contribution in [0.15, 0.2) is 24.5 Å². The van der Waals surface area contributed by atoms with Gasteiger partial charge in [-0.05, 0) is 49.3 Å². The van der Waals surface area contributed by atoms with Crippen molar-refractivity contribution in [2.24, 2.45) is 5.92 Å². The van der Waals surface area contributed by atoms with Crippen LogP contribution in [-0.2, 0) is 19.4 Å². The highest BCUT2D eigenvalue weighted by atomic mass is 32.1. The molecule has 3 rings (SSSR count). The second-order valence-corrected chi connectivity index (χ2v) is 6.92. The fraction of sp³-hybridized carbons (Fsp3) is 0.500. The van der Waals surface area contributed by atoms with Crippen molar-refractivity contribution in [3.63, 3.8) is 0 Å². The first-order valence-corrected chi connectivity index (χ1v) is 8.41. The summed E-state index contributed by atoms with van der Waals surface area (Å²) in [6.45, 7) is 3.82. The zero-order valence-corrected chi connectivity index (χ0v) is 13.2. The Kier molecular flexibility index (Phi) is 4.39. The van der Waals surface area contributed by atoms with E-state index in [-0.39, 0.29) is 5.91 Å². The molecule has 1 N–H and O–H groups in total. The van der Waals surface area contributed by atoms with Gasteiger partial charge in [-0.3, -0.25) is 9.48 Å². The number of fused-ring (bicyclic) bond motifs is 1. The number of nitrogens with zero attached hydrogens (tertiary/aromatic N) is 2. The average molecular weight is 303 g/mol. The molecule has 1 atom stereocenters. The normalized spacial score (nSPS) is 17.5. The zero-order valence-electron chi connectivity index (χ0n) is 12.3. The largest absolute Gasteiger partial charge is 0.351 e. The molecule has 0 saturated heterocycles. The lowest BCUT2D eigenvalue weighted by molar-refractivity contribution is 0.0956. The minimum Gasteiger partial charge on any atom is -0.351 e. The van der Waals surface area contributed by atoms with E-state index in [0.717, 1.165) is 36.6 Å². The minimum atomic E-state index is 0.0718. The molecule has 21 heavy (non-hydrogen) atoms. The van der Waals surface area contributed by atoms with Crippen LogP contribution >= 0.6 is 11.3 Å². The van der Waals surface area contributed by atoms with Gasteiger partial charge in [0.2, 0.25) is 0 Å². The summed E-state index contributed by atoms with van der Waals surface area (Å²) in [5.41, 5.74) is 1.39. The minimum absolute atomic E-state index is 0.0718. The number of thiophene rings is 1. The Bertz CT molecular complexity index is 603. The highest BCUT2D eigenvalue weighted by molar-refractivity contribution is 7.14. The predicted molar refractivity (Wildman–Crippen MR) is 84.7 cm³/mol. The second-order valence-electron chi connectivity index (χ2n) is 5.79. The Balaban J connectivity index is 1.49. The van der Waals surface area contributed by atoms with Crippen LogP contribution < -0.4 is 5.32 Å². The number of carbonyl (C=O) groups is 1. The Morgan fingerprint density at radius 2 is 2.48 bits per heavy atom. The molecule has 4 nitrogen and oxygen atoms in total. The van der Waals surface area contributed by atoms with Gasteiger partial charge < -0.3 is 5.32 Å². The number of hydrogen-bond donors (Lipinski definition) is 1. The summed E-state index contributed by atoms with van der Waals surface area (Å²) in [5.74, 6) is 0.819. The molecule has 1 amide bonds. The van der Waals surface area contributed by atoms with Gasteiger partial charge in [-0.15, -0.1) is 11.3 Å². The van der Waals surface area contributed by atoms with E-state index in [1.807, 2.05) is 16.9 Å². The number of nitrogens with one attached hydrogen (secondary N) is 1. The van der Waals surface area contributed by atoms with Gasteiger partial charge in [-0.1, -0.05) is 6.92 Å². The third kappa shape index (κ3) is 3.53. The predicted octanol–water partition coefficient (Wildman–Crippen LogP) is 2.89. The lowest BCUT2D eigenvalue weighted by Gasteiger charge is -2.16. The standard InChI is InChI=1S/C16H21N3OS/c1-12-4-5-14-13(10-12)11-15(21-14)16(20)17-6-2-8-19-9-3-7-18-19/h3,7,9,11-12H,2,4-6,8,10H2,1H3,(H,17,20)/t12-/m1/s1. The highest BCUT2D eigenvalue weighted by Gasteiger charge is 2.20. The molecule has 0 radical (unpaired) electrons. The van der Waals surface area contributed by atoms with Gasteiger partial charge >= 0.3 is 0 Å². The van der Waals surface area contributed by atoms with Crippen LogP contribution in [0, 0.1) is 5.92 Å². The maximum atomic E-state index is 12.2. The van der Waals surface area contributed by atoms with Gasteiger partial charge in [0.05, 0.1) is 4.88 Å². The Morgan fingerprint density at radius 3 is 3.29 bits per heavy atom. The maximum absolute atomic E-state index is 12.2. The SMILES string of the molecule is C[C@@H]1CCc2sc(C(=O)NCCCn3cccn3)cc2C1. The summed E-state index contributed by atoms with van der Waals surface area (Å²) in [6, 6.07) is 4.01. The smallest absolute Gasteiger partial charge is 0.261 e. The third-order valence-electron chi connectivity index (χ3n) is 3.96. The van der Waals surface area contributed by atoms with Crippen molar-refractivity contribution in [1.82, 2.24) is 15.1 Å². The van der Waals surface area contributed by atoms with E-state index in [2.05, 4.69) is 23.4 Å². The summed E-state index contributed by atoms with van der Waals surface area (Å²) in [7, 11) is 0.